The van der Waals surface area contributed by atoms with Crippen LogP contribution < -0.4 is 10.0 Å². The average molecular weight is 381 g/mol. The van der Waals surface area contributed by atoms with Crippen LogP contribution in [0.3, 0.4) is 0 Å². The van der Waals surface area contributed by atoms with Crippen LogP contribution in [-0.2, 0) is 19.6 Å². The lowest BCUT2D eigenvalue weighted by Gasteiger charge is -2.16. The van der Waals surface area contributed by atoms with Gasteiger partial charge < -0.3 is 10.4 Å². The second-order valence-electron chi connectivity index (χ2n) is 6.52. The lowest BCUT2D eigenvalue weighted by atomic mass is 10.0. The number of carbonyl (C=O) groups is 2. The molecular weight excluding hydrogens is 358 g/mol. The van der Waals surface area contributed by atoms with E-state index < -0.39 is 22.0 Å². The molecule has 142 valence electrons. The molecule has 0 radical (unpaired) electrons. The Labute approximate surface area is 152 Å². The standard InChI is InChI=1S/C17H23N3O5S/c1-11(2)10-13(17(22)23)19-15(21)8-5-9-18-16-12-6-3-4-7-14(12)26(24,25)20-16/h3-4,6-7,11,13H,5,8-10H2,1-2H3,(H,18,20)(H,19,21)(H,22,23)/t13-/m0/s1. The molecule has 0 saturated carbocycles. The summed E-state index contributed by atoms with van der Waals surface area (Å²) in [5.41, 5.74) is 0.514. The van der Waals surface area contributed by atoms with E-state index in [2.05, 4.69) is 15.0 Å². The Bertz CT molecular complexity index is 817. The third kappa shape index (κ3) is 5.04. The molecular formula is C17H23N3O5S. The maximum Gasteiger partial charge on any atom is 0.326 e. The Morgan fingerprint density at radius 3 is 2.62 bits per heavy atom. The molecule has 2 rings (SSSR count). The lowest BCUT2D eigenvalue weighted by molar-refractivity contribution is -0.142. The first-order valence-electron chi connectivity index (χ1n) is 8.39. The highest BCUT2D eigenvalue weighted by atomic mass is 32.2. The van der Waals surface area contributed by atoms with E-state index in [4.69, 9.17) is 5.11 Å². The summed E-state index contributed by atoms with van der Waals surface area (Å²) >= 11 is 0. The van der Waals surface area contributed by atoms with Gasteiger partial charge in [0.05, 0.1) is 4.90 Å². The van der Waals surface area contributed by atoms with Gasteiger partial charge in [0, 0.05) is 18.5 Å². The number of nitrogens with one attached hydrogen (secondary N) is 2. The predicted octanol–water partition coefficient (Wildman–Crippen LogP) is 1.12. The Morgan fingerprint density at radius 2 is 1.96 bits per heavy atom. The molecule has 0 bridgehead atoms. The van der Waals surface area contributed by atoms with Crippen LogP contribution in [0.25, 0.3) is 0 Å². The number of sulfonamides is 1. The van der Waals surface area contributed by atoms with Crippen LogP contribution in [0.2, 0.25) is 0 Å². The summed E-state index contributed by atoms with van der Waals surface area (Å²) in [6, 6.07) is 5.64. The number of rotatable bonds is 8. The van der Waals surface area contributed by atoms with Crippen LogP contribution in [0.15, 0.2) is 34.2 Å². The van der Waals surface area contributed by atoms with E-state index in [1.807, 2.05) is 13.8 Å². The van der Waals surface area contributed by atoms with E-state index in [9.17, 15) is 18.0 Å². The lowest BCUT2D eigenvalue weighted by Crippen LogP contribution is -2.41. The summed E-state index contributed by atoms with van der Waals surface area (Å²) < 4.78 is 26.3. The van der Waals surface area contributed by atoms with Gasteiger partial charge in [-0.3, -0.25) is 14.5 Å². The normalized spacial score (nSPS) is 17.6. The Balaban J connectivity index is 1.88. The first-order valence-corrected chi connectivity index (χ1v) is 9.88. The maximum atomic E-state index is 12.0. The number of hydrogen-bond acceptors (Lipinski definition) is 5. The van der Waals surface area contributed by atoms with Crippen molar-refractivity contribution in [3.8, 4) is 0 Å². The molecule has 0 aliphatic carbocycles. The fourth-order valence-electron chi connectivity index (χ4n) is 2.64. The number of hydrogen-bond donors (Lipinski definition) is 3. The van der Waals surface area contributed by atoms with Crippen LogP contribution >= 0.6 is 0 Å². The zero-order valence-electron chi connectivity index (χ0n) is 14.7. The summed E-state index contributed by atoms with van der Waals surface area (Å²) in [6.45, 7) is 4.03. The van der Waals surface area contributed by atoms with Gasteiger partial charge in [0.1, 0.15) is 11.9 Å². The minimum Gasteiger partial charge on any atom is -0.480 e. The van der Waals surface area contributed by atoms with Gasteiger partial charge in [-0.2, -0.15) is 0 Å². The van der Waals surface area contributed by atoms with E-state index in [1.54, 1.807) is 18.2 Å². The first-order chi connectivity index (χ1) is 12.2. The van der Waals surface area contributed by atoms with E-state index in [0.717, 1.165) is 0 Å². The van der Waals surface area contributed by atoms with Crippen molar-refractivity contribution in [1.82, 2.24) is 10.0 Å². The molecule has 1 aromatic carbocycles. The molecule has 1 amide bonds. The van der Waals surface area contributed by atoms with Crippen molar-refractivity contribution in [2.45, 2.75) is 44.0 Å². The molecule has 0 unspecified atom stereocenters. The minimum absolute atomic E-state index is 0.118. The summed E-state index contributed by atoms with van der Waals surface area (Å²) in [5, 5.41) is 11.6. The van der Waals surface area contributed by atoms with Crippen LogP contribution in [0.1, 0.15) is 38.7 Å². The number of benzene rings is 1. The van der Waals surface area contributed by atoms with Crippen molar-refractivity contribution in [1.29, 1.82) is 0 Å². The number of carbonyl (C=O) groups excluding carboxylic acids is 1. The Morgan fingerprint density at radius 1 is 1.27 bits per heavy atom. The minimum atomic E-state index is -3.57. The van der Waals surface area contributed by atoms with Crippen molar-refractivity contribution < 1.29 is 23.1 Å². The number of amides is 1. The van der Waals surface area contributed by atoms with E-state index in [-0.39, 0.29) is 35.5 Å². The van der Waals surface area contributed by atoms with E-state index in [1.165, 1.54) is 6.07 Å². The fourth-order valence-corrected chi connectivity index (χ4v) is 3.89. The summed E-state index contributed by atoms with van der Waals surface area (Å²) in [4.78, 5) is 27.5. The van der Waals surface area contributed by atoms with Crippen LogP contribution in [0.4, 0.5) is 0 Å². The molecule has 26 heavy (non-hydrogen) atoms. The number of carboxylic acid groups (broad SMARTS) is 1. The Kier molecular flexibility index (Phi) is 6.36. The first kappa shape index (κ1) is 19.9. The van der Waals surface area contributed by atoms with Crippen LogP contribution in [0, 0.1) is 5.92 Å². The molecule has 1 aliphatic rings. The molecule has 0 saturated heterocycles. The number of aliphatic carboxylic acids is 1. The monoisotopic (exact) mass is 381 g/mol. The van der Waals surface area contributed by atoms with E-state index >= 15 is 0 Å². The molecule has 8 nitrogen and oxygen atoms in total. The van der Waals surface area contributed by atoms with Gasteiger partial charge in [0.15, 0.2) is 0 Å². The summed E-state index contributed by atoms with van der Waals surface area (Å²) in [6.07, 6.45) is 0.863. The third-order valence-corrected chi connectivity index (χ3v) is 5.23. The Hall–Kier alpha value is -2.42. The second kappa shape index (κ2) is 8.31. The van der Waals surface area contributed by atoms with Gasteiger partial charge in [-0.1, -0.05) is 26.0 Å². The molecule has 3 N–H and O–H groups in total. The molecule has 1 aromatic rings. The van der Waals surface area contributed by atoms with Crippen molar-refractivity contribution in [2.24, 2.45) is 10.9 Å². The number of carboxylic acids is 1. The highest BCUT2D eigenvalue weighted by Gasteiger charge is 2.29. The van der Waals surface area contributed by atoms with Gasteiger partial charge >= 0.3 is 5.97 Å². The number of fused-ring (bicyclic) bond motifs is 1. The van der Waals surface area contributed by atoms with Gasteiger partial charge in [0.2, 0.25) is 5.91 Å². The molecule has 9 heteroatoms. The molecule has 0 aromatic heterocycles. The number of aliphatic imine (C=N–C) groups is 1. The van der Waals surface area contributed by atoms with Gasteiger partial charge in [-0.15, -0.1) is 0 Å². The zero-order chi connectivity index (χ0) is 19.3. The second-order valence-corrected chi connectivity index (χ2v) is 8.17. The smallest absolute Gasteiger partial charge is 0.326 e. The molecule has 1 aliphatic heterocycles. The zero-order valence-corrected chi connectivity index (χ0v) is 15.5. The van der Waals surface area contributed by atoms with Crippen molar-refractivity contribution in [3.63, 3.8) is 0 Å². The molecule has 0 fully saturated rings. The summed E-state index contributed by atoms with van der Waals surface area (Å²) in [7, 11) is -3.57. The fraction of sp³-hybridized carbons (Fsp3) is 0.471. The predicted molar refractivity (Wildman–Crippen MR) is 96.4 cm³/mol. The van der Waals surface area contributed by atoms with Crippen molar-refractivity contribution in [2.75, 3.05) is 6.54 Å². The SMILES string of the molecule is CC(C)C[C@H](NC(=O)CCCN=C1NS(=O)(=O)c2ccccc21)C(=O)O. The number of nitrogens with zero attached hydrogens (tertiary/aromatic N) is 1. The molecule has 1 atom stereocenters. The van der Waals surface area contributed by atoms with Crippen LogP contribution in [0.5, 0.6) is 0 Å². The number of amidine groups is 1. The van der Waals surface area contributed by atoms with Gasteiger partial charge in [-0.25, -0.2) is 13.2 Å². The molecule has 1 heterocycles. The topological polar surface area (TPSA) is 125 Å². The van der Waals surface area contributed by atoms with Crippen LogP contribution in [-0.4, -0.2) is 43.8 Å². The van der Waals surface area contributed by atoms with Gasteiger partial charge in [0.25, 0.3) is 10.0 Å². The van der Waals surface area contributed by atoms with Gasteiger partial charge in [-0.05, 0) is 30.9 Å². The molecule has 0 spiro atoms. The highest BCUT2D eigenvalue weighted by molar-refractivity contribution is 7.90. The van der Waals surface area contributed by atoms with E-state index in [0.29, 0.717) is 18.4 Å². The summed E-state index contributed by atoms with van der Waals surface area (Å²) in [5.74, 6) is -0.989. The van der Waals surface area contributed by atoms with Crippen molar-refractivity contribution in [3.05, 3.63) is 29.8 Å². The highest BCUT2D eigenvalue weighted by Crippen LogP contribution is 2.22. The average Bonchev–Trinajstić information content (AvgIpc) is 2.82. The third-order valence-electron chi connectivity index (χ3n) is 3.84. The largest absolute Gasteiger partial charge is 0.480 e. The quantitative estimate of drug-likeness (QED) is 0.582. The maximum absolute atomic E-state index is 12.0. The van der Waals surface area contributed by atoms with Crippen molar-refractivity contribution >= 4 is 27.7 Å².